The van der Waals surface area contributed by atoms with Crippen LogP contribution in [0.3, 0.4) is 0 Å². The van der Waals surface area contributed by atoms with Crippen LogP contribution in [0.15, 0.2) is 47.4 Å². The molecule has 0 amide bonds. The van der Waals surface area contributed by atoms with Crippen LogP contribution in [0.1, 0.15) is 10.4 Å². The van der Waals surface area contributed by atoms with Crippen molar-refractivity contribution in [2.75, 3.05) is 5.75 Å². The van der Waals surface area contributed by atoms with Gasteiger partial charge in [0.05, 0.1) is 22.1 Å². The van der Waals surface area contributed by atoms with E-state index in [1.165, 1.54) is 18.2 Å². The number of ketones is 1. The van der Waals surface area contributed by atoms with Gasteiger partial charge in [-0.2, -0.15) is 0 Å². The summed E-state index contributed by atoms with van der Waals surface area (Å²) in [6, 6.07) is 7.42. The molecule has 6 heteroatoms. The van der Waals surface area contributed by atoms with E-state index in [1.54, 1.807) is 0 Å². The molecule has 2 nitrogen and oxygen atoms in total. The summed E-state index contributed by atoms with van der Waals surface area (Å²) in [6.07, 6.45) is 0. The lowest BCUT2D eigenvalue weighted by Crippen LogP contribution is -2.13. The van der Waals surface area contributed by atoms with Crippen molar-refractivity contribution in [2.24, 2.45) is 0 Å². The smallest absolute Gasteiger partial charge is 0.178 e. The zero-order valence-corrected chi connectivity index (χ0v) is 10.9. The standard InChI is InChI=1S/C14H9F3O2S/c15-9-2-1-3-11(6-9)20(19)8-14(18)12-7-10(16)4-5-13(12)17/h1-7H,8H2. The number of benzene rings is 2. The number of rotatable bonds is 4. The third kappa shape index (κ3) is 3.33. The van der Waals surface area contributed by atoms with Gasteiger partial charge in [-0.3, -0.25) is 9.00 Å². The first kappa shape index (κ1) is 14.5. The maximum Gasteiger partial charge on any atom is 0.178 e. The van der Waals surface area contributed by atoms with Crippen LogP contribution in [-0.2, 0) is 10.8 Å². The fourth-order valence-electron chi connectivity index (χ4n) is 1.60. The van der Waals surface area contributed by atoms with Crippen molar-refractivity contribution in [3.05, 3.63) is 65.5 Å². The lowest BCUT2D eigenvalue weighted by molar-refractivity contribution is 0.101. The van der Waals surface area contributed by atoms with Crippen LogP contribution in [0.4, 0.5) is 13.2 Å². The Morgan fingerprint density at radius 3 is 2.40 bits per heavy atom. The highest BCUT2D eigenvalue weighted by atomic mass is 32.2. The minimum Gasteiger partial charge on any atom is -0.293 e. The number of Topliss-reactive ketones (excluding diaryl/α,β-unsaturated/α-hetero) is 1. The lowest BCUT2D eigenvalue weighted by Gasteiger charge is -2.04. The molecule has 0 fully saturated rings. The number of hydrogen-bond donors (Lipinski definition) is 0. The van der Waals surface area contributed by atoms with E-state index in [4.69, 9.17) is 0 Å². The summed E-state index contributed by atoms with van der Waals surface area (Å²) < 4.78 is 51.2. The summed E-state index contributed by atoms with van der Waals surface area (Å²) in [7, 11) is -1.82. The normalized spacial score (nSPS) is 12.2. The van der Waals surface area contributed by atoms with Crippen molar-refractivity contribution in [1.29, 1.82) is 0 Å². The van der Waals surface area contributed by atoms with E-state index in [0.717, 1.165) is 24.3 Å². The van der Waals surface area contributed by atoms with Crippen LogP contribution >= 0.6 is 0 Å². The largest absolute Gasteiger partial charge is 0.293 e. The molecule has 0 N–H and O–H groups in total. The molecule has 0 saturated heterocycles. The topological polar surface area (TPSA) is 34.1 Å². The van der Waals surface area contributed by atoms with E-state index < -0.39 is 45.4 Å². The Balaban J connectivity index is 2.19. The molecule has 0 aliphatic carbocycles. The molecule has 1 unspecified atom stereocenters. The fourth-order valence-corrected chi connectivity index (χ4v) is 2.63. The zero-order valence-electron chi connectivity index (χ0n) is 10.1. The van der Waals surface area contributed by atoms with Crippen LogP contribution in [0, 0.1) is 17.5 Å². The molecule has 0 heterocycles. The van der Waals surface area contributed by atoms with Gasteiger partial charge in [0.15, 0.2) is 5.78 Å². The monoisotopic (exact) mass is 298 g/mol. The predicted octanol–water partition coefficient (Wildman–Crippen LogP) is 3.09. The Morgan fingerprint density at radius 1 is 1.00 bits per heavy atom. The van der Waals surface area contributed by atoms with Gasteiger partial charge in [0.25, 0.3) is 0 Å². The molecular weight excluding hydrogens is 289 g/mol. The highest BCUT2D eigenvalue weighted by molar-refractivity contribution is 7.85. The lowest BCUT2D eigenvalue weighted by atomic mass is 10.1. The average Bonchev–Trinajstić information content (AvgIpc) is 2.41. The van der Waals surface area contributed by atoms with Gasteiger partial charge in [0.2, 0.25) is 0 Å². The second-order valence-electron chi connectivity index (χ2n) is 3.99. The Morgan fingerprint density at radius 2 is 1.70 bits per heavy atom. The van der Waals surface area contributed by atoms with Crippen molar-refractivity contribution < 1.29 is 22.2 Å². The number of hydrogen-bond acceptors (Lipinski definition) is 2. The summed E-state index contributed by atoms with van der Waals surface area (Å²) in [6.45, 7) is 0. The van der Waals surface area contributed by atoms with Gasteiger partial charge in [-0.15, -0.1) is 0 Å². The summed E-state index contributed by atoms with van der Waals surface area (Å²) >= 11 is 0. The Labute approximate surface area is 115 Å². The third-order valence-corrected chi connectivity index (χ3v) is 3.85. The molecule has 2 rings (SSSR count). The molecule has 0 saturated carbocycles. The molecule has 0 aromatic heterocycles. The van der Waals surface area contributed by atoms with Crippen molar-refractivity contribution in [1.82, 2.24) is 0 Å². The molecule has 0 radical (unpaired) electrons. The summed E-state index contributed by atoms with van der Waals surface area (Å²) in [4.78, 5) is 11.9. The maximum atomic E-state index is 13.4. The van der Waals surface area contributed by atoms with E-state index in [0.29, 0.717) is 0 Å². The second kappa shape index (κ2) is 6.00. The van der Waals surface area contributed by atoms with E-state index in [9.17, 15) is 22.2 Å². The van der Waals surface area contributed by atoms with E-state index in [2.05, 4.69) is 0 Å². The Kier molecular flexibility index (Phi) is 4.34. The predicted molar refractivity (Wildman–Crippen MR) is 68.4 cm³/mol. The molecular formula is C14H9F3O2S. The fraction of sp³-hybridized carbons (Fsp3) is 0.0714. The first-order valence-corrected chi connectivity index (χ1v) is 6.91. The second-order valence-corrected chi connectivity index (χ2v) is 5.45. The van der Waals surface area contributed by atoms with Gasteiger partial charge >= 0.3 is 0 Å². The molecule has 2 aromatic rings. The van der Waals surface area contributed by atoms with E-state index in [1.807, 2.05) is 0 Å². The Hall–Kier alpha value is -1.95. The first-order chi connectivity index (χ1) is 9.47. The van der Waals surface area contributed by atoms with Crippen LogP contribution in [0.5, 0.6) is 0 Å². The molecule has 1 atom stereocenters. The maximum absolute atomic E-state index is 13.4. The number of halogens is 3. The van der Waals surface area contributed by atoms with Crippen molar-refractivity contribution in [2.45, 2.75) is 4.90 Å². The van der Waals surface area contributed by atoms with Gasteiger partial charge in [0.1, 0.15) is 17.5 Å². The highest BCUT2D eigenvalue weighted by Gasteiger charge is 2.17. The van der Waals surface area contributed by atoms with E-state index >= 15 is 0 Å². The van der Waals surface area contributed by atoms with Gasteiger partial charge in [-0.25, -0.2) is 13.2 Å². The molecule has 0 aliphatic heterocycles. The quantitative estimate of drug-likeness (QED) is 0.813. The summed E-state index contributed by atoms with van der Waals surface area (Å²) in [5, 5.41) is 0. The number of carbonyl (C=O) groups excluding carboxylic acids is 1. The van der Waals surface area contributed by atoms with Crippen molar-refractivity contribution >= 4 is 16.6 Å². The molecule has 20 heavy (non-hydrogen) atoms. The summed E-state index contributed by atoms with van der Waals surface area (Å²) in [5.74, 6) is -3.56. The van der Waals surface area contributed by atoms with Gasteiger partial charge in [-0.1, -0.05) is 6.07 Å². The molecule has 104 valence electrons. The number of carbonyl (C=O) groups is 1. The first-order valence-electron chi connectivity index (χ1n) is 5.59. The van der Waals surface area contributed by atoms with Crippen LogP contribution in [-0.4, -0.2) is 15.7 Å². The van der Waals surface area contributed by atoms with Gasteiger partial charge < -0.3 is 0 Å². The molecule has 0 bridgehead atoms. The van der Waals surface area contributed by atoms with Crippen LogP contribution in [0.2, 0.25) is 0 Å². The van der Waals surface area contributed by atoms with Crippen molar-refractivity contribution in [3.63, 3.8) is 0 Å². The minimum atomic E-state index is -1.82. The molecule has 2 aromatic carbocycles. The van der Waals surface area contributed by atoms with Gasteiger partial charge in [-0.05, 0) is 36.4 Å². The SMILES string of the molecule is O=C(CS(=O)c1cccc(F)c1)c1cc(F)ccc1F. The minimum absolute atomic E-state index is 0.121. The molecule has 0 spiro atoms. The highest BCUT2D eigenvalue weighted by Crippen LogP contribution is 2.14. The van der Waals surface area contributed by atoms with Gasteiger partial charge in [0, 0.05) is 4.90 Å². The third-order valence-electron chi connectivity index (χ3n) is 2.55. The average molecular weight is 298 g/mol. The molecule has 0 aliphatic rings. The summed E-state index contributed by atoms with van der Waals surface area (Å²) in [5.41, 5.74) is -0.463. The van der Waals surface area contributed by atoms with Crippen molar-refractivity contribution in [3.8, 4) is 0 Å². The van der Waals surface area contributed by atoms with Crippen LogP contribution in [0.25, 0.3) is 0 Å². The van der Waals surface area contributed by atoms with E-state index in [-0.39, 0.29) is 4.90 Å². The van der Waals surface area contributed by atoms with Crippen LogP contribution < -0.4 is 0 Å². The zero-order chi connectivity index (χ0) is 14.7. The Bertz CT molecular complexity index is 686.